The first-order chi connectivity index (χ1) is 8.08. The molecule has 0 heterocycles. The lowest BCUT2D eigenvalue weighted by Crippen LogP contribution is -2.52. The van der Waals surface area contributed by atoms with Crippen LogP contribution in [0.1, 0.15) is 64.7 Å². The van der Waals surface area contributed by atoms with Crippen LogP contribution in [0, 0.1) is 5.41 Å². The monoisotopic (exact) mass is 238 g/mol. The minimum atomic E-state index is 0.0849. The summed E-state index contributed by atoms with van der Waals surface area (Å²) in [5, 5.41) is 3.20. The SMILES string of the molecule is CC1(NC(=O)CC2(CN)CCCCC2)CCC1. The molecule has 0 aromatic heterocycles. The molecule has 3 nitrogen and oxygen atoms in total. The summed E-state index contributed by atoms with van der Waals surface area (Å²) in [5.41, 5.74) is 6.10. The molecule has 2 rings (SSSR count). The lowest BCUT2D eigenvalue weighted by atomic mass is 9.71. The number of nitrogens with two attached hydrogens (primary N) is 1. The van der Waals surface area contributed by atoms with Gasteiger partial charge in [-0.2, -0.15) is 0 Å². The number of rotatable bonds is 4. The molecule has 2 saturated carbocycles. The Morgan fingerprint density at radius 1 is 1.12 bits per heavy atom. The van der Waals surface area contributed by atoms with Gasteiger partial charge in [-0.1, -0.05) is 19.3 Å². The summed E-state index contributed by atoms with van der Waals surface area (Å²) in [7, 11) is 0. The average molecular weight is 238 g/mol. The predicted octanol–water partition coefficient (Wildman–Crippen LogP) is 2.34. The van der Waals surface area contributed by atoms with Crippen LogP contribution in [0.15, 0.2) is 0 Å². The molecule has 3 heteroatoms. The van der Waals surface area contributed by atoms with Crippen molar-refractivity contribution < 1.29 is 4.79 Å². The third kappa shape index (κ3) is 3.01. The Bertz CT molecular complexity index is 278. The maximum Gasteiger partial charge on any atom is 0.221 e. The molecule has 1 amide bonds. The molecule has 0 atom stereocenters. The van der Waals surface area contributed by atoms with E-state index in [9.17, 15) is 4.79 Å². The molecule has 0 bridgehead atoms. The summed E-state index contributed by atoms with van der Waals surface area (Å²) in [4.78, 5) is 12.1. The number of hydrogen-bond donors (Lipinski definition) is 2. The van der Waals surface area contributed by atoms with Gasteiger partial charge in [0, 0.05) is 12.0 Å². The van der Waals surface area contributed by atoms with E-state index in [0.29, 0.717) is 13.0 Å². The highest BCUT2D eigenvalue weighted by molar-refractivity contribution is 5.77. The van der Waals surface area contributed by atoms with Crippen molar-refractivity contribution in [3.8, 4) is 0 Å². The van der Waals surface area contributed by atoms with Crippen molar-refractivity contribution in [1.82, 2.24) is 5.32 Å². The van der Waals surface area contributed by atoms with E-state index >= 15 is 0 Å². The topological polar surface area (TPSA) is 55.1 Å². The molecule has 2 aliphatic carbocycles. The van der Waals surface area contributed by atoms with Crippen LogP contribution in [-0.4, -0.2) is 18.0 Å². The van der Waals surface area contributed by atoms with E-state index < -0.39 is 0 Å². The first kappa shape index (κ1) is 12.9. The van der Waals surface area contributed by atoms with Gasteiger partial charge in [0.2, 0.25) is 5.91 Å². The van der Waals surface area contributed by atoms with Gasteiger partial charge in [0.1, 0.15) is 0 Å². The van der Waals surface area contributed by atoms with Gasteiger partial charge in [0.05, 0.1) is 0 Å². The second kappa shape index (κ2) is 4.97. The maximum absolute atomic E-state index is 12.1. The van der Waals surface area contributed by atoms with Crippen LogP contribution < -0.4 is 11.1 Å². The Kier molecular flexibility index (Phi) is 3.76. The number of hydrogen-bond acceptors (Lipinski definition) is 2. The van der Waals surface area contributed by atoms with Crippen LogP contribution in [0.3, 0.4) is 0 Å². The summed E-state index contributed by atoms with van der Waals surface area (Å²) >= 11 is 0. The van der Waals surface area contributed by atoms with Crippen LogP contribution >= 0.6 is 0 Å². The summed E-state index contributed by atoms with van der Waals surface area (Å²) in [6, 6.07) is 0. The van der Waals surface area contributed by atoms with Crippen molar-refractivity contribution in [2.75, 3.05) is 6.54 Å². The molecule has 2 aliphatic rings. The Morgan fingerprint density at radius 3 is 2.24 bits per heavy atom. The number of nitrogens with one attached hydrogen (secondary N) is 1. The molecule has 0 saturated heterocycles. The van der Waals surface area contributed by atoms with Crippen LogP contribution in [0.4, 0.5) is 0 Å². The first-order valence-corrected chi connectivity index (χ1v) is 7.09. The second-order valence-electron chi connectivity index (χ2n) is 6.40. The minimum Gasteiger partial charge on any atom is -0.351 e. The third-order valence-corrected chi connectivity index (χ3v) is 4.78. The minimum absolute atomic E-state index is 0.0849. The Hall–Kier alpha value is -0.570. The van der Waals surface area contributed by atoms with Crippen LogP contribution in [0.25, 0.3) is 0 Å². The molecule has 0 radical (unpaired) electrons. The first-order valence-electron chi connectivity index (χ1n) is 7.09. The Labute approximate surface area is 105 Å². The molecular formula is C14H26N2O. The van der Waals surface area contributed by atoms with Crippen LogP contribution in [0.5, 0.6) is 0 Å². The van der Waals surface area contributed by atoms with Crippen molar-refractivity contribution in [3.05, 3.63) is 0 Å². The van der Waals surface area contributed by atoms with Gasteiger partial charge < -0.3 is 11.1 Å². The van der Waals surface area contributed by atoms with Gasteiger partial charge in [-0.25, -0.2) is 0 Å². The quantitative estimate of drug-likeness (QED) is 0.790. The molecule has 0 unspecified atom stereocenters. The van der Waals surface area contributed by atoms with Crippen LogP contribution in [0.2, 0.25) is 0 Å². The van der Waals surface area contributed by atoms with E-state index in [4.69, 9.17) is 5.73 Å². The van der Waals surface area contributed by atoms with Gasteiger partial charge >= 0.3 is 0 Å². The molecule has 3 N–H and O–H groups in total. The number of carbonyl (C=O) groups excluding carboxylic acids is 1. The molecule has 98 valence electrons. The van der Waals surface area contributed by atoms with E-state index in [2.05, 4.69) is 12.2 Å². The molecule has 0 spiro atoms. The number of amides is 1. The standard InChI is InChI=1S/C14H26N2O/c1-13(6-5-7-13)16-12(17)10-14(11-15)8-3-2-4-9-14/h2-11,15H2,1H3,(H,16,17). The van der Waals surface area contributed by atoms with Crippen LogP contribution in [-0.2, 0) is 4.79 Å². The highest BCUT2D eigenvalue weighted by Gasteiger charge is 2.37. The number of carbonyl (C=O) groups is 1. The molecule has 0 aliphatic heterocycles. The summed E-state index contributed by atoms with van der Waals surface area (Å²) in [6.07, 6.45) is 10.2. The fourth-order valence-corrected chi connectivity index (χ4v) is 3.31. The highest BCUT2D eigenvalue weighted by Crippen LogP contribution is 2.39. The predicted molar refractivity (Wildman–Crippen MR) is 69.6 cm³/mol. The van der Waals surface area contributed by atoms with Crippen molar-refractivity contribution in [3.63, 3.8) is 0 Å². The molecule has 17 heavy (non-hydrogen) atoms. The van der Waals surface area contributed by atoms with Crippen molar-refractivity contribution in [1.29, 1.82) is 0 Å². The van der Waals surface area contributed by atoms with E-state index in [1.165, 1.54) is 25.7 Å². The Balaban J connectivity index is 1.87. The van der Waals surface area contributed by atoms with E-state index in [-0.39, 0.29) is 16.9 Å². The van der Waals surface area contributed by atoms with Crippen molar-refractivity contribution in [2.45, 2.75) is 70.3 Å². The summed E-state index contributed by atoms with van der Waals surface area (Å²) in [5.74, 6) is 0.222. The van der Waals surface area contributed by atoms with E-state index in [1.807, 2.05) is 0 Å². The molecule has 0 aromatic carbocycles. The third-order valence-electron chi connectivity index (χ3n) is 4.78. The van der Waals surface area contributed by atoms with Gasteiger partial charge in [-0.05, 0) is 51.0 Å². The zero-order chi connectivity index (χ0) is 12.4. The van der Waals surface area contributed by atoms with Crippen molar-refractivity contribution in [2.24, 2.45) is 11.1 Å². The normalized spacial score (nSPS) is 26.0. The highest BCUT2D eigenvalue weighted by atomic mass is 16.1. The van der Waals surface area contributed by atoms with Gasteiger partial charge in [0.25, 0.3) is 0 Å². The van der Waals surface area contributed by atoms with Crippen molar-refractivity contribution >= 4 is 5.91 Å². The average Bonchev–Trinajstić information content (AvgIpc) is 2.28. The largest absolute Gasteiger partial charge is 0.351 e. The van der Waals surface area contributed by atoms with E-state index in [0.717, 1.165) is 25.7 Å². The summed E-state index contributed by atoms with van der Waals surface area (Å²) in [6.45, 7) is 2.82. The maximum atomic E-state index is 12.1. The second-order valence-corrected chi connectivity index (χ2v) is 6.40. The Morgan fingerprint density at radius 2 is 1.76 bits per heavy atom. The fraction of sp³-hybridized carbons (Fsp3) is 0.929. The molecular weight excluding hydrogens is 212 g/mol. The molecule has 2 fully saturated rings. The summed E-state index contributed by atoms with van der Waals surface area (Å²) < 4.78 is 0. The lowest BCUT2D eigenvalue weighted by Gasteiger charge is -2.41. The lowest BCUT2D eigenvalue weighted by molar-refractivity contribution is -0.126. The fourth-order valence-electron chi connectivity index (χ4n) is 3.31. The smallest absolute Gasteiger partial charge is 0.221 e. The van der Waals surface area contributed by atoms with E-state index in [1.54, 1.807) is 0 Å². The van der Waals surface area contributed by atoms with Gasteiger partial charge in [-0.3, -0.25) is 4.79 Å². The molecule has 0 aromatic rings. The zero-order valence-corrected chi connectivity index (χ0v) is 11.1. The van der Waals surface area contributed by atoms with Gasteiger partial charge in [-0.15, -0.1) is 0 Å². The zero-order valence-electron chi connectivity index (χ0n) is 11.1. The van der Waals surface area contributed by atoms with Gasteiger partial charge in [0.15, 0.2) is 0 Å².